The highest BCUT2D eigenvalue weighted by atomic mass is 16.1. The Balaban J connectivity index is 1.53. The first-order chi connectivity index (χ1) is 16.4. The number of piperidine rings is 1. The molecule has 1 saturated heterocycles. The van der Waals surface area contributed by atoms with Crippen molar-refractivity contribution >= 4 is 28.3 Å². The van der Waals surface area contributed by atoms with Crippen LogP contribution in [-0.2, 0) is 4.79 Å². The number of hydrogen-bond donors (Lipinski definition) is 3. The van der Waals surface area contributed by atoms with Gasteiger partial charge in [0.2, 0.25) is 0 Å². The zero-order chi connectivity index (χ0) is 24.1. The summed E-state index contributed by atoms with van der Waals surface area (Å²) < 4.78 is 0. The maximum atomic E-state index is 11.5. The van der Waals surface area contributed by atoms with Crippen molar-refractivity contribution in [2.75, 3.05) is 23.3 Å². The van der Waals surface area contributed by atoms with Crippen molar-refractivity contribution < 1.29 is 4.79 Å². The minimum Gasteiger partial charge on any atom is -0.355 e. The van der Waals surface area contributed by atoms with E-state index >= 15 is 0 Å². The summed E-state index contributed by atoms with van der Waals surface area (Å²) in [6.45, 7) is 9.63. The smallest absolute Gasteiger partial charge is 0.154 e. The van der Waals surface area contributed by atoms with Gasteiger partial charge in [0.05, 0.1) is 5.39 Å². The molecule has 0 spiro atoms. The predicted octanol–water partition coefficient (Wildman–Crippen LogP) is 5.48. The van der Waals surface area contributed by atoms with Crippen LogP contribution >= 0.6 is 0 Å². The number of carbonyl (C=O) groups excluding carboxylic acids is 1. The normalized spacial score (nSPS) is 17.5. The molecule has 0 aliphatic carbocycles. The van der Waals surface area contributed by atoms with Crippen molar-refractivity contribution in [1.82, 2.24) is 20.3 Å². The average Bonchev–Trinajstić information content (AvgIpc) is 3.32. The lowest BCUT2D eigenvalue weighted by molar-refractivity contribution is -0.112. The number of nitrogens with zero attached hydrogens (tertiary/aromatic N) is 3. The third-order valence-corrected chi connectivity index (χ3v) is 6.38. The van der Waals surface area contributed by atoms with Crippen LogP contribution in [0.4, 0.5) is 11.5 Å². The van der Waals surface area contributed by atoms with Crippen LogP contribution < -0.4 is 15.5 Å². The van der Waals surface area contributed by atoms with Crippen molar-refractivity contribution in [3.05, 3.63) is 71.6 Å². The number of hydrogen-bond acceptors (Lipinski definition) is 6. The molecule has 1 aromatic carbocycles. The highest BCUT2D eigenvalue weighted by Gasteiger charge is 2.24. The molecule has 1 aliphatic heterocycles. The number of ketones is 1. The van der Waals surface area contributed by atoms with Crippen LogP contribution in [0.2, 0.25) is 0 Å². The molecule has 0 saturated carbocycles. The van der Waals surface area contributed by atoms with E-state index in [1.807, 2.05) is 13.1 Å². The van der Waals surface area contributed by atoms with Gasteiger partial charge in [0.25, 0.3) is 0 Å². The topological polar surface area (TPSA) is 85.9 Å². The standard InChI is InChI=1S/C27H34N6O/c1-5-18(2)25(31-19(3)14-20(4)34)32-23-10-6-8-21(15-23)22-9-7-13-33(16-22)27-24-11-12-28-26(24)29-17-30-27/h6,8,10-12,14-15,17,22,31-32H,5,7,9,13,16H2,1-4H3,(H,28,29,30)/b19-14-,25-18-. The maximum Gasteiger partial charge on any atom is 0.154 e. The molecule has 178 valence electrons. The number of rotatable bonds is 8. The van der Waals surface area contributed by atoms with Gasteiger partial charge in [-0.3, -0.25) is 4.79 Å². The fraction of sp³-hybridized carbons (Fsp3) is 0.370. The molecule has 1 atom stereocenters. The van der Waals surface area contributed by atoms with Gasteiger partial charge in [0, 0.05) is 36.6 Å². The van der Waals surface area contributed by atoms with Crippen molar-refractivity contribution in [2.24, 2.45) is 0 Å². The minimum absolute atomic E-state index is 0.0305. The summed E-state index contributed by atoms with van der Waals surface area (Å²) >= 11 is 0. The molecular weight excluding hydrogens is 424 g/mol. The summed E-state index contributed by atoms with van der Waals surface area (Å²) in [4.78, 5) is 26.0. The van der Waals surface area contributed by atoms with Crippen LogP contribution in [0.25, 0.3) is 11.0 Å². The summed E-state index contributed by atoms with van der Waals surface area (Å²) in [7, 11) is 0. The van der Waals surface area contributed by atoms with Gasteiger partial charge >= 0.3 is 0 Å². The Bertz CT molecular complexity index is 1220. The van der Waals surface area contributed by atoms with Crippen molar-refractivity contribution in [1.29, 1.82) is 0 Å². The fourth-order valence-corrected chi connectivity index (χ4v) is 4.53. The van der Waals surface area contributed by atoms with E-state index in [1.165, 1.54) is 11.1 Å². The number of benzene rings is 1. The zero-order valence-electron chi connectivity index (χ0n) is 20.5. The number of aromatic amines is 1. The van der Waals surface area contributed by atoms with Crippen LogP contribution in [0.3, 0.4) is 0 Å². The lowest BCUT2D eigenvalue weighted by Gasteiger charge is -2.34. The van der Waals surface area contributed by atoms with Crippen LogP contribution in [-0.4, -0.2) is 33.8 Å². The maximum absolute atomic E-state index is 11.5. The molecule has 4 rings (SSSR count). The van der Waals surface area contributed by atoms with E-state index in [9.17, 15) is 4.79 Å². The van der Waals surface area contributed by atoms with Crippen LogP contribution in [0.5, 0.6) is 0 Å². The monoisotopic (exact) mass is 458 g/mol. The summed E-state index contributed by atoms with van der Waals surface area (Å²) in [6, 6.07) is 10.7. The van der Waals surface area contributed by atoms with Crippen LogP contribution in [0.1, 0.15) is 58.4 Å². The second-order valence-electron chi connectivity index (χ2n) is 9.04. The van der Waals surface area contributed by atoms with E-state index in [-0.39, 0.29) is 5.78 Å². The summed E-state index contributed by atoms with van der Waals surface area (Å²) in [6.07, 6.45) is 8.36. The molecule has 3 heterocycles. The largest absolute Gasteiger partial charge is 0.355 e. The number of carbonyl (C=O) groups is 1. The van der Waals surface area contributed by atoms with Crippen LogP contribution in [0.15, 0.2) is 66.0 Å². The molecule has 3 aromatic rings. The fourth-order valence-electron chi connectivity index (χ4n) is 4.53. The molecule has 1 fully saturated rings. The van der Waals surface area contributed by atoms with Crippen LogP contribution in [0, 0.1) is 0 Å². The second kappa shape index (κ2) is 10.5. The quantitative estimate of drug-likeness (QED) is 0.388. The Labute approximate surface area is 201 Å². The van der Waals surface area contributed by atoms with E-state index in [0.29, 0.717) is 5.92 Å². The third kappa shape index (κ3) is 5.47. The van der Waals surface area contributed by atoms with Gasteiger partial charge in [0.1, 0.15) is 23.6 Å². The first kappa shape index (κ1) is 23.5. The Kier molecular flexibility index (Phi) is 7.30. The summed E-state index contributed by atoms with van der Waals surface area (Å²) in [5.41, 5.74) is 5.26. The van der Waals surface area contributed by atoms with Gasteiger partial charge in [-0.15, -0.1) is 0 Å². The average molecular weight is 459 g/mol. The number of nitrogens with one attached hydrogen (secondary N) is 3. The third-order valence-electron chi connectivity index (χ3n) is 6.38. The highest BCUT2D eigenvalue weighted by Crippen LogP contribution is 2.33. The Morgan fingerprint density at radius 1 is 1.24 bits per heavy atom. The molecule has 0 bridgehead atoms. The highest BCUT2D eigenvalue weighted by molar-refractivity contribution is 5.88. The van der Waals surface area contributed by atoms with E-state index in [1.54, 1.807) is 19.3 Å². The van der Waals surface area contributed by atoms with E-state index < -0.39 is 0 Å². The molecule has 2 aromatic heterocycles. The lowest BCUT2D eigenvalue weighted by atomic mass is 9.90. The SMILES string of the molecule is CC/C(C)=C(/N/C(C)=C\C(C)=O)Nc1cccc(C2CCCN(c3ncnc4[nH]ccc34)C2)c1. The Hall–Kier alpha value is -3.61. The first-order valence-corrected chi connectivity index (χ1v) is 12.0. The molecule has 34 heavy (non-hydrogen) atoms. The second-order valence-corrected chi connectivity index (χ2v) is 9.04. The molecule has 3 N–H and O–H groups in total. The number of anilines is 2. The van der Waals surface area contributed by atoms with E-state index in [2.05, 4.69) is 74.7 Å². The number of H-pyrrole nitrogens is 1. The lowest BCUT2D eigenvalue weighted by Crippen LogP contribution is -2.35. The number of aromatic nitrogens is 3. The van der Waals surface area contributed by atoms with Crippen molar-refractivity contribution in [3.63, 3.8) is 0 Å². The van der Waals surface area contributed by atoms with Gasteiger partial charge in [-0.25, -0.2) is 9.97 Å². The van der Waals surface area contributed by atoms with Gasteiger partial charge in [-0.1, -0.05) is 19.1 Å². The van der Waals surface area contributed by atoms with Gasteiger partial charge in [-0.05, 0) is 75.4 Å². The molecular formula is C27H34N6O. The minimum atomic E-state index is 0.0305. The summed E-state index contributed by atoms with van der Waals surface area (Å²) in [5.74, 6) is 2.39. The first-order valence-electron chi connectivity index (χ1n) is 12.0. The summed E-state index contributed by atoms with van der Waals surface area (Å²) in [5, 5.41) is 8.00. The molecule has 0 radical (unpaired) electrons. The Morgan fingerprint density at radius 2 is 2.09 bits per heavy atom. The van der Waals surface area contributed by atoms with E-state index in [4.69, 9.17) is 0 Å². The number of allylic oxidation sites excluding steroid dienone is 3. The van der Waals surface area contributed by atoms with Gasteiger partial charge in [0.15, 0.2) is 5.78 Å². The molecule has 7 heteroatoms. The van der Waals surface area contributed by atoms with Gasteiger partial charge in [-0.2, -0.15) is 0 Å². The Morgan fingerprint density at radius 3 is 2.88 bits per heavy atom. The van der Waals surface area contributed by atoms with Gasteiger partial charge < -0.3 is 20.5 Å². The van der Waals surface area contributed by atoms with E-state index in [0.717, 1.165) is 66.4 Å². The zero-order valence-corrected chi connectivity index (χ0v) is 20.5. The molecule has 1 aliphatic rings. The predicted molar refractivity (Wildman–Crippen MR) is 139 cm³/mol. The van der Waals surface area contributed by atoms with Crippen molar-refractivity contribution in [3.8, 4) is 0 Å². The molecule has 7 nitrogen and oxygen atoms in total. The number of fused-ring (bicyclic) bond motifs is 1. The molecule has 1 unspecified atom stereocenters. The molecule has 0 amide bonds. The van der Waals surface area contributed by atoms with Crippen molar-refractivity contribution in [2.45, 2.75) is 52.9 Å².